The molecule has 7 nitrogen and oxygen atoms in total. The highest BCUT2D eigenvalue weighted by Crippen LogP contribution is 2.28. The summed E-state index contributed by atoms with van der Waals surface area (Å²) in [5.74, 6) is 0. The summed E-state index contributed by atoms with van der Waals surface area (Å²) in [5, 5.41) is 28.2. The zero-order valence-corrected chi connectivity index (χ0v) is 16.7. The fourth-order valence-corrected chi connectivity index (χ4v) is 3.30. The van der Waals surface area contributed by atoms with Gasteiger partial charge in [-0.15, -0.1) is 5.10 Å². The Kier molecular flexibility index (Phi) is 4.65. The van der Waals surface area contributed by atoms with Crippen LogP contribution in [0, 0.1) is 18.3 Å². The second-order valence-electron chi connectivity index (χ2n) is 7.47. The van der Waals surface area contributed by atoms with Gasteiger partial charge in [0.05, 0.1) is 24.0 Å². The largest absolute Gasteiger partial charge is 0.384 e. The van der Waals surface area contributed by atoms with E-state index in [0.29, 0.717) is 24.2 Å². The van der Waals surface area contributed by atoms with Crippen LogP contribution >= 0.6 is 0 Å². The zero-order valence-electron chi connectivity index (χ0n) is 16.7. The van der Waals surface area contributed by atoms with E-state index in [1.165, 1.54) is 0 Å². The third-order valence-electron chi connectivity index (χ3n) is 5.27. The number of rotatable bonds is 5. The summed E-state index contributed by atoms with van der Waals surface area (Å²) in [6, 6.07) is 12.1. The number of nitriles is 1. The Balaban J connectivity index is 1.69. The summed E-state index contributed by atoms with van der Waals surface area (Å²) in [4.78, 5) is 4.36. The average Bonchev–Trinajstić information content (AvgIpc) is 3.33. The van der Waals surface area contributed by atoms with Crippen molar-refractivity contribution in [3.8, 4) is 17.3 Å². The molecule has 1 unspecified atom stereocenters. The number of fused-ring (bicyclic) bond motifs is 1. The molecule has 0 aliphatic heterocycles. The van der Waals surface area contributed by atoms with Crippen LogP contribution in [0.5, 0.6) is 0 Å². The lowest BCUT2D eigenvalue weighted by Crippen LogP contribution is -2.20. The van der Waals surface area contributed by atoms with E-state index in [0.717, 1.165) is 28.0 Å². The second-order valence-corrected chi connectivity index (χ2v) is 7.47. The van der Waals surface area contributed by atoms with Crippen molar-refractivity contribution in [1.82, 2.24) is 24.4 Å². The van der Waals surface area contributed by atoms with Gasteiger partial charge in [0.15, 0.2) is 0 Å². The van der Waals surface area contributed by atoms with E-state index < -0.39 is 5.60 Å². The number of aromatic nitrogens is 5. The van der Waals surface area contributed by atoms with E-state index in [-0.39, 0.29) is 0 Å². The van der Waals surface area contributed by atoms with Crippen LogP contribution in [0.3, 0.4) is 0 Å². The van der Waals surface area contributed by atoms with Gasteiger partial charge in [0.25, 0.3) is 0 Å². The molecule has 1 atom stereocenters. The predicted molar refractivity (Wildman–Crippen MR) is 109 cm³/mol. The molecule has 146 valence electrons. The van der Waals surface area contributed by atoms with E-state index in [1.807, 2.05) is 54.8 Å². The lowest BCUT2D eigenvalue weighted by atomic mass is 10.0. The Bertz CT molecular complexity index is 1210. The quantitative estimate of drug-likeness (QED) is 0.567. The SMILES string of the molecule is CCC(C)(O)c1cn(Cc2ccn3c(-c4ccc(C)nc4)c(C#N)cc3c2)nn1. The first-order valence-corrected chi connectivity index (χ1v) is 9.51. The number of hydrogen-bond donors (Lipinski definition) is 1. The monoisotopic (exact) mass is 386 g/mol. The summed E-state index contributed by atoms with van der Waals surface area (Å²) in [7, 11) is 0. The van der Waals surface area contributed by atoms with Crippen LogP contribution in [-0.4, -0.2) is 29.5 Å². The van der Waals surface area contributed by atoms with Gasteiger partial charge in [-0.25, -0.2) is 4.68 Å². The Morgan fingerprint density at radius 3 is 2.76 bits per heavy atom. The van der Waals surface area contributed by atoms with Gasteiger partial charge in [0.2, 0.25) is 0 Å². The molecule has 29 heavy (non-hydrogen) atoms. The van der Waals surface area contributed by atoms with Crippen LogP contribution < -0.4 is 0 Å². The molecular weight excluding hydrogens is 364 g/mol. The van der Waals surface area contributed by atoms with Gasteiger partial charge in [-0.1, -0.05) is 12.1 Å². The van der Waals surface area contributed by atoms with Gasteiger partial charge in [-0.05, 0) is 56.2 Å². The maximum absolute atomic E-state index is 10.3. The first-order valence-electron chi connectivity index (χ1n) is 9.51. The Hall–Kier alpha value is -3.50. The van der Waals surface area contributed by atoms with E-state index in [4.69, 9.17) is 0 Å². The van der Waals surface area contributed by atoms with Crippen molar-refractivity contribution in [1.29, 1.82) is 5.26 Å². The van der Waals surface area contributed by atoms with Crippen LogP contribution in [0.2, 0.25) is 0 Å². The summed E-state index contributed by atoms with van der Waals surface area (Å²) in [5.41, 5.74) is 4.81. The van der Waals surface area contributed by atoms with Crippen molar-refractivity contribution in [3.05, 3.63) is 71.4 Å². The van der Waals surface area contributed by atoms with Crippen molar-refractivity contribution in [2.24, 2.45) is 0 Å². The second kappa shape index (κ2) is 7.15. The Morgan fingerprint density at radius 2 is 2.07 bits per heavy atom. The topological polar surface area (TPSA) is 92.0 Å². The third kappa shape index (κ3) is 3.50. The van der Waals surface area contributed by atoms with Crippen LogP contribution in [-0.2, 0) is 12.1 Å². The predicted octanol–water partition coefficient (Wildman–Crippen LogP) is 3.44. The summed E-state index contributed by atoms with van der Waals surface area (Å²) in [6.45, 7) is 6.11. The standard InChI is InChI=1S/C22H22N6O/c1-4-22(3,29)20-14-27(26-25-20)13-16-7-8-28-19(9-16)10-18(11-23)21(28)17-6-5-15(2)24-12-17/h5-10,12,14,29H,4,13H2,1-3H3. The molecule has 0 bridgehead atoms. The maximum Gasteiger partial charge on any atom is 0.114 e. The first kappa shape index (κ1) is 18.8. The molecule has 0 radical (unpaired) electrons. The van der Waals surface area contributed by atoms with Crippen molar-refractivity contribution >= 4 is 5.52 Å². The molecule has 0 aliphatic carbocycles. The molecule has 0 saturated heterocycles. The molecule has 0 fully saturated rings. The fourth-order valence-electron chi connectivity index (χ4n) is 3.30. The minimum atomic E-state index is -0.984. The molecule has 7 heteroatoms. The lowest BCUT2D eigenvalue weighted by molar-refractivity contribution is 0.0484. The van der Waals surface area contributed by atoms with Crippen molar-refractivity contribution in [2.75, 3.05) is 0 Å². The van der Waals surface area contributed by atoms with Gasteiger partial charge in [-0.3, -0.25) is 4.98 Å². The first-order chi connectivity index (χ1) is 13.9. The molecule has 0 amide bonds. The molecular formula is C22H22N6O. The normalized spacial score (nSPS) is 13.3. The smallest absolute Gasteiger partial charge is 0.114 e. The average molecular weight is 386 g/mol. The number of aliphatic hydroxyl groups is 1. The molecule has 0 spiro atoms. The minimum absolute atomic E-state index is 0.526. The Labute approximate surface area is 168 Å². The van der Waals surface area contributed by atoms with E-state index in [9.17, 15) is 10.4 Å². The van der Waals surface area contributed by atoms with Gasteiger partial charge >= 0.3 is 0 Å². The summed E-state index contributed by atoms with van der Waals surface area (Å²) >= 11 is 0. The molecule has 0 aliphatic rings. The molecule has 4 aromatic rings. The maximum atomic E-state index is 10.3. The van der Waals surface area contributed by atoms with Crippen LogP contribution in [0.1, 0.15) is 42.8 Å². The highest BCUT2D eigenvalue weighted by atomic mass is 16.3. The lowest BCUT2D eigenvalue weighted by Gasteiger charge is -2.16. The number of aryl methyl sites for hydroxylation is 1. The van der Waals surface area contributed by atoms with Crippen molar-refractivity contribution < 1.29 is 5.11 Å². The zero-order chi connectivity index (χ0) is 20.6. The van der Waals surface area contributed by atoms with Crippen LogP contribution in [0.25, 0.3) is 16.8 Å². The van der Waals surface area contributed by atoms with Crippen molar-refractivity contribution in [2.45, 2.75) is 39.3 Å². The highest BCUT2D eigenvalue weighted by molar-refractivity contribution is 5.74. The minimum Gasteiger partial charge on any atom is -0.384 e. The van der Waals surface area contributed by atoms with Gasteiger partial charge in [-0.2, -0.15) is 5.26 Å². The van der Waals surface area contributed by atoms with Crippen LogP contribution in [0.15, 0.2) is 48.9 Å². The third-order valence-corrected chi connectivity index (χ3v) is 5.27. The summed E-state index contributed by atoms with van der Waals surface area (Å²) < 4.78 is 3.72. The number of pyridine rings is 2. The molecule has 4 rings (SSSR count). The van der Waals surface area contributed by atoms with Gasteiger partial charge in [0.1, 0.15) is 17.4 Å². The van der Waals surface area contributed by atoms with Crippen LogP contribution in [0.4, 0.5) is 0 Å². The molecule has 1 N–H and O–H groups in total. The number of nitrogens with zero attached hydrogens (tertiary/aromatic N) is 6. The van der Waals surface area contributed by atoms with E-state index in [2.05, 4.69) is 21.4 Å². The Morgan fingerprint density at radius 1 is 1.24 bits per heavy atom. The van der Waals surface area contributed by atoms with Gasteiger partial charge in [0, 0.05) is 29.2 Å². The highest BCUT2D eigenvalue weighted by Gasteiger charge is 2.24. The fraction of sp³-hybridized carbons (Fsp3) is 0.273. The van der Waals surface area contributed by atoms with E-state index in [1.54, 1.807) is 24.0 Å². The van der Waals surface area contributed by atoms with Gasteiger partial charge < -0.3 is 9.51 Å². The van der Waals surface area contributed by atoms with E-state index >= 15 is 0 Å². The molecule has 4 aromatic heterocycles. The summed E-state index contributed by atoms with van der Waals surface area (Å²) in [6.07, 6.45) is 6.09. The molecule has 0 saturated carbocycles. The number of hydrogen-bond acceptors (Lipinski definition) is 5. The van der Waals surface area contributed by atoms with Crippen molar-refractivity contribution in [3.63, 3.8) is 0 Å². The molecule has 4 heterocycles. The molecule has 0 aromatic carbocycles.